The average molecular weight is 390 g/mol. The molecule has 22 heavy (non-hydrogen) atoms. The summed E-state index contributed by atoms with van der Waals surface area (Å²) in [6.07, 6.45) is 6.54. The standard InChI is InChI=1S/3C4H11O2P.Al/c3*1-2-3-4-7(5)6;/h3*7H,2-4H2,1H3,(H,5,6);/q;;;+3/p-3. The van der Waals surface area contributed by atoms with Crippen molar-refractivity contribution in [3.63, 3.8) is 0 Å². The Kier molecular flexibility index (Phi) is 37.9. The van der Waals surface area contributed by atoms with Crippen LogP contribution in [0.5, 0.6) is 0 Å². The second-order valence-corrected chi connectivity index (χ2v) is 8.16. The molecule has 0 heterocycles. The van der Waals surface area contributed by atoms with Crippen LogP contribution in [0.1, 0.15) is 59.3 Å². The van der Waals surface area contributed by atoms with Gasteiger partial charge in [0.2, 0.25) is 0 Å². The van der Waals surface area contributed by atoms with E-state index >= 15 is 0 Å². The second kappa shape index (κ2) is 27.0. The molecular weight excluding hydrogens is 360 g/mol. The van der Waals surface area contributed by atoms with Crippen molar-refractivity contribution < 1.29 is 28.4 Å². The van der Waals surface area contributed by atoms with E-state index in [9.17, 15) is 28.4 Å². The molecule has 0 radical (unpaired) electrons. The molecule has 0 saturated carbocycles. The minimum atomic E-state index is -2.40. The fourth-order valence-corrected chi connectivity index (χ4v) is 2.89. The summed E-state index contributed by atoms with van der Waals surface area (Å²) in [4.78, 5) is 29.5. The van der Waals surface area contributed by atoms with Gasteiger partial charge in [-0.05, 0) is 37.7 Å². The summed E-state index contributed by atoms with van der Waals surface area (Å²) in [7, 11) is -7.19. The predicted molar refractivity (Wildman–Crippen MR) is 92.1 cm³/mol. The molecule has 6 nitrogen and oxygen atoms in total. The Bertz CT molecular complexity index is 237. The van der Waals surface area contributed by atoms with E-state index in [1.807, 2.05) is 20.8 Å². The van der Waals surface area contributed by atoms with Crippen LogP contribution in [0.3, 0.4) is 0 Å². The number of rotatable bonds is 9. The van der Waals surface area contributed by atoms with E-state index in [0.29, 0.717) is 18.5 Å². The van der Waals surface area contributed by atoms with Gasteiger partial charge in [-0.15, -0.1) is 0 Å². The first-order chi connectivity index (χ1) is 9.81. The molecule has 10 heteroatoms. The Morgan fingerprint density at radius 2 is 0.773 bits per heavy atom. The van der Waals surface area contributed by atoms with Gasteiger partial charge in [-0.25, -0.2) is 0 Å². The molecule has 132 valence electrons. The van der Waals surface area contributed by atoms with Crippen molar-refractivity contribution >= 4 is 41.4 Å². The Balaban J connectivity index is -0.000000108. The summed E-state index contributed by atoms with van der Waals surface area (Å²) in [5, 5.41) is 0. The van der Waals surface area contributed by atoms with E-state index in [2.05, 4.69) is 0 Å². The van der Waals surface area contributed by atoms with Gasteiger partial charge in [0.05, 0.1) is 0 Å². The van der Waals surface area contributed by atoms with E-state index in [1.54, 1.807) is 0 Å². The molecule has 0 aliphatic rings. The average Bonchev–Trinajstić information content (AvgIpc) is 2.41. The first-order valence-corrected chi connectivity index (χ1v) is 12.0. The van der Waals surface area contributed by atoms with Crippen molar-refractivity contribution in [3.8, 4) is 0 Å². The van der Waals surface area contributed by atoms with Crippen LogP contribution in [0.15, 0.2) is 0 Å². The SMILES string of the molecule is CCCC[PH](=O)[O-].CCCC[PH](=O)[O-].CCCC[PH](=O)[O-].[Al+3]. The molecule has 0 saturated heterocycles. The summed E-state index contributed by atoms with van der Waals surface area (Å²) in [6.45, 7) is 5.93. The maximum absolute atomic E-state index is 9.83. The zero-order valence-electron chi connectivity index (χ0n) is 13.9. The Morgan fingerprint density at radius 3 is 0.818 bits per heavy atom. The maximum atomic E-state index is 9.83. The molecule has 0 rings (SSSR count). The second-order valence-electron chi connectivity index (χ2n) is 4.43. The fourth-order valence-electron chi connectivity index (χ4n) is 0.963. The quantitative estimate of drug-likeness (QED) is 0.434. The zero-order chi connectivity index (χ0) is 17.1. The predicted octanol–water partition coefficient (Wildman–Crippen LogP) is 1.48. The van der Waals surface area contributed by atoms with E-state index in [0.717, 1.165) is 38.5 Å². The van der Waals surface area contributed by atoms with Gasteiger partial charge < -0.3 is 28.4 Å². The molecule has 0 aliphatic heterocycles. The maximum Gasteiger partial charge on any atom is 3.00 e. The van der Waals surface area contributed by atoms with Gasteiger partial charge in [-0.1, -0.05) is 40.0 Å². The van der Waals surface area contributed by atoms with E-state index in [-0.39, 0.29) is 17.4 Å². The minimum absolute atomic E-state index is 0. The summed E-state index contributed by atoms with van der Waals surface area (Å²) < 4.78 is 29.5. The Morgan fingerprint density at radius 1 is 0.591 bits per heavy atom. The van der Waals surface area contributed by atoms with Gasteiger partial charge in [-0.3, -0.25) is 0 Å². The molecule has 0 amide bonds. The van der Waals surface area contributed by atoms with Crippen molar-refractivity contribution in [3.05, 3.63) is 0 Å². The molecule has 0 spiro atoms. The number of unbranched alkanes of at least 4 members (excludes halogenated alkanes) is 3. The molecule has 0 N–H and O–H groups in total. The summed E-state index contributed by atoms with van der Waals surface area (Å²) in [5.41, 5.74) is 0. The van der Waals surface area contributed by atoms with Crippen LogP contribution in [0.25, 0.3) is 0 Å². The molecule has 0 bridgehead atoms. The van der Waals surface area contributed by atoms with Crippen molar-refractivity contribution in [2.45, 2.75) is 59.3 Å². The summed E-state index contributed by atoms with van der Waals surface area (Å²) in [6, 6.07) is 0. The van der Waals surface area contributed by atoms with E-state index < -0.39 is 24.1 Å². The largest absolute Gasteiger partial charge is 3.00 e. The third-order valence-electron chi connectivity index (χ3n) is 2.20. The first kappa shape index (κ1) is 30.9. The fraction of sp³-hybridized carbons (Fsp3) is 1.00. The first-order valence-electron chi connectivity index (χ1n) is 7.41. The van der Waals surface area contributed by atoms with Crippen LogP contribution >= 0.6 is 24.1 Å². The van der Waals surface area contributed by atoms with Gasteiger partial charge in [0.25, 0.3) is 0 Å². The van der Waals surface area contributed by atoms with E-state index in [4.69, 9.17) is 0 Å². The summed E-state index contributed by atoms with van der Waals surface area (Å²) in [5.74, 6) is 0. The smallest absolute Gasteiger partial charge is 0.802 e. The molecule has 3 atom stereocenters. The van der Waals surface area contributed by atoms with E-state index in [1.165, 1.54) is 0 Å². The minimum Gasteiger partial charge on any atom is -0.802 e. The summed E-state index contributed by atoms with van der Waals surface area (Å²) >= 11 is 0. The van der Waals surface area contributed by atoms with Crippen molar-refractivity contribution in [2.24, 2.45) is 0 Å². The Labute approximate surface area is 147 Å². The third-order valence-corrected chi connectivity index (χ3v) is 4.49. The van der Waals surface area contributed by atoms with Crippen LogP contribution in [0, 0.1) is 0 Å². The van der Waals surface area contributed by atoms with Gasteiger partial charge in [-0.2, -0.15) is 0 Å². The number of hydrogen-bond acceptors (Lipinski definition) is 6. The topological polar surface area (TPSA) is 120 Å². The molecular formula is C12H30AlO6P3. The van der Waals surface area contributed by atoms with Gasteiger partial charge in [0.15, 0.2) is 0 Å². The van der Waals surface area contributed by atoms with Crippen LogP contribution in [0.4, 0.5) is 0 Å². The van der Waals surface area contributed by atoms with Gasteiger partial charge in [0, 0.05) is 24.1 Å². The van der Waals surface area contributed by atoms with Crippen molar-refractivity contribution in [1.82, 2.24) is 0 Å². The monoisotopic (exact) mass is 390 g/mol. The van der Waals surface area contributed by atoms with Gasteiger partial charge >= 0.3 is 17.4 Å². The molecule has 0 fully saturated rings. The van der Waals surface area contributed by atoms with Gasteiger partial charge in [0.1, 0.15) is 0 Å². The zero-order valence-corrected chi connectivity index (χ0v) is 18.0. The van der Waals surface area contributed by atoms with Crippen LogP contribution in [-0.2, 0) is 13.7 Å². The van der Waals surface area contributed by atoms with Crippen molar-refractivity contribution in [1.29, 1.82) is 0 Å². The molecule has 0 aromatic heterocycles. The molecule has 0 aromatic carbocycles. The molecule has 3 unspecified atom stereocenters. The van der Waals surface area contributed by atoms with Crippen LogP contribution in [-0.4, -0.2) is 35.8 Å². The van der Waals surface area contributed by atoms with Crippen LogP contribution in [0.2, 0.25) is 0 Å². The normalized spacial score (nSPS) is 13.4. The van der Waals surface area contributed by atoms with Crippen LogP contribution < -0.4 is 14.7 Å². The third kappa shape index (κ3) is 49.7. The number of hydrogen-bond donors (Lipinski definition) is 0. The molecule has 0 aromatic rings. The van der Waals surface area contributed by atoms with Crippen molar-refractivity contribution in [2.75, 3.05) is 18.5 Å². The Hall–Kier alpha value is 1.10. The molecule has 0 aliphatic carbocycles.